The number of rotatable bonds is 3. The predicted octanol–water partition coefficient (Wildman–Crippen LogP) is 1.95. The van der Waals surface area contributed by atoms with Crippen molar-refractivity contribution in [3.8, 4) is 0 Å². The van der Waals surface area contributed by atoms with Crippen LogP contribution in [0.2, 0.25) is 0 Å². The molecule has 2 heterocycles. The second-order valence-electron chi connectivity index (χ2n) is 4.85. The minimum Gasteiger partial charge on any atom is -0.466 e. The van der Waals surface area contributed by atoms with Crippen molar-refractivity contribution in [1.82, 2.24) is 4.90 Å². The molecule has 18 heavy (non-hydrogen) atoms. The van der Waals surface area contributed by atoms with Gasteiger partial charge in [0.2, 0.25) is 0 Å². The van der Waals surface area contributed by atoms with Crippen LogP contribution in [0, 0.1) is 5.92 Å². The van der Waals surface area contributed by atoms with E-state index in [1.165, 1.54) is 0 Å². The Balaban J connectivity index is 2.10. The van der Waals surface area contributed by atoms with Gasteiger partial charge in [-0.15, -0.1) is 0 Å². The van der Waals surface area contributed by atoms with Crippen LogP contribution < -0.4 is 0 Å². The maximum Gasteiger partial charge on any atom is 0.410 e. The van der Waals surface area contributed by atoms with Crippen molar-refractivity contribution in [2.24, 2.45) is 5.92 Å². The summed E-state index contributed by atoms with van der Waals surface area (Å²) < 4.78 is 10.2. The minimum absolute atomic E-state index is 0.0261. The molecule has 102 valence electrons. The summed E-state index contributed by atoms with van der Waals surface area (Å²) in [7, 11) is 0. The number of carbonyl (C=O) groups excluding carboxylic acids is 2. The van der Waals surface area contributed by atoms with E-state index >= 15 is 0 Å². The van der Waals surface area contributed by atoms with Gasteiger partial charge in [0.1, 0.15) is 0 Å². The molecule has 0 aromatic heterocycles. The van der Waals surface area contributed by atoms with E-state index in [0.29, 0.717) is 13.2 Å². The molecule has 0 N–H and O–H groups in total. The maximum absolute atomic E-state index is 11.9. The largest absolute Gasteiger partial charge is 0.466 e. The fourth-order valence-electron chi connectivity index (χ4n) is 3.17. The molecule has 5 nitrogen and oxygen atoms in total. The molecule has 0 radical (unpaired) electrons. The Bertz CT molecular complexity index is 331. The second-order valence-corrected chi connectivity index (χ2v) is 4.85. The summed E-state index contributed by atoms with van der Waals surface area (Å²) >= 11 is 0. The Morgan fingerprint density at radius 3 is 2.56 bits per heavy atom. The average molecular weight is 255 g/mol. The van der Waals surface area contributed by atoms with Gasteiger partial charge in [-0.3, -0.25) is 4.79 Å². The number of nitrogens with zero attached hydrogens (tertiary/aromatic N) is 1. The molecule has 0 aliphatic carbocycles. The number of hydrogen-bond acceptors (Lipinski definition) is 4. The normalized spacial score (nSPS) is 30.1. The number of ether oxygens (including phenoxy) is 2. The van der Waals surface area contributed by atoms with Crippen LogP contribution in [-0.4, -0.2) is 42.3 Å². The molecular weight excluding hydrogens is 234 g/mol. The monoisotopic (exact) mass is 255 g/mol. The van der Waals surface area contributed by atoms with Gasteiger partial charge in [0.05, 0.1) is 19.1 Å². The van der Waals surface area contributed by atoms with Crippen LogP contribution in [0.3, 0.4) is 0 Å². The number of piperidine rings is 1. The van der Waals surface area contributed by atoms with Crippen LogP contribution >= 0.6 is 0 Å². The Morgan fingerprint density at radius 1 is 1.17 bits per heavy atom. The summed E-state index contributed by atoms with van der Waals surface area (Å²) in [6.07, 6.45) is 3.35. The first-order chi connectivity index (χ1) is 8.69. The van der Waals surface area contributed by atoms with Crippen LogP contribution in [0.25, 0.3) is 0 Å². The Kier molecular flexibility index (Phi) is 4.09. The molecule has 1 amide bonds. The highest BCUT2D eigenvalue weighted by Gasteiger charge is 2.49. The van der Waals surface area contributed by atoms with Crippen LogP contribution in [-0.2, 0) is 14.3 Å². The number of amides is 1. The van der Waals surface area contributed by atoms with Crippen molar-refractivity contribution in [1.29, 1.82) is 0 Å². The van der Waals surface area contributed by atoms with E-state index in [1.54, 1.807) is 11.8 Å². The molecule has 3 atom stereocenters. The SMILES string of the molecule is CCOC(=O)C1CC2CCCC1N2C(=O)OCC. The van der Waals surface area contributed by atoms with Gasteiger partial charge in [0.15, 0.2) is 0 Å². The highest BCUT2D eigenvalue weighted by Crippen LogP contribution is 2.40. The van der Waals surface area contributed by atoms with E-state index in [4.69, 9.17) is 9.47 Å². The summed E-state index contributed by atoms with van der Waals surface area (Å²) in [6.45, 7) is 4.37. The lowest BCUT2D eigenvalue weighted by Gasteiger charge is -2.34. The molecule has 0 aromatic rings. The van der Waals surface area contributed by atoms with Gasteiger partial charge < -0.3 is 14.4 Å². The molecule has 0 aromatic carbocycles. The number of fused-ring (bicyclic) bond motifs is 2. The standard InChI is InChI=1S/C13H21NO4/c1-3-17-12(15)10-8-9-6-5-7-11(10)14(9)13(16)18-4-2/h9-11H,3-8H2,1-2H3. The summed E-state index contributed by atoms with van der Waals surface area (Å²) in [6, 6.07) is 0.124. The average Bonchev–Trinajstić information content (AvgIpc) is 2.57. The zero-order valence-electron chi connectivity index (χ0n) is 11.1. The van der Waals surface area contributed by atoms with Gasteiger partial charge in [0.25, 0.3) is 0 Å². The summed E-state index contributed by atoms with van der Waals surface area (Å²) in [5, 5.41) is 0. The third kappa shape index (κ3) is 2.31. The third-order valence-electron chi connectivity index (χ3n) is 3.85. The number of hydrogen-bond donors (Lipinski definition) is 0. The van der Waals surface area contributed by atoms with Gasteiger partial charge in [-0.1, -0.05) is 0 Å². The minimum atomic E-state index is -0.279. The lowest BCUT2D eigenvalue weighted by molar-refractivity contribution is -0.148. The second kappa shape index (κ2) is 5.59. The Labute approximate surface area is 107 Å². The van der Waals surface area contributed by atoms with E-state index in [2.05, 4.69) is 0 Å². The molecule has 2 bridgehead atoms. The molecule has 2 saturated heterocycles. The van der Waals surface area contributed by atoms with Crippen LogP contribution in [0.15, 0.2) is 0 Å². The third-order valence-corrected chi connectivity index (χ3v) is 3.85. The van der Waals surface area contributed by atoms with Crippen LogP contribution in [0.4, 0.5) is 4.79 Å². The van der Waals surface area contributed by atoms with E-state index in [9.17, 15) is 9.59 Å². The lowest BCUT2D eigenvalue weighted by Crippen LogP contribution is -2.46. The van der Waals surface area contributed by atoms with Crippen molar-refractivity contribution in [2.45, 2.75) is 51.6 Å². The zero-order valence-corrected chi connectivity index (χ0v) is 11.1. The lowest BCUT2D eigenvalue weighted by atomic mass is 9.98. The topological polar surface area (TPSA) is 55.8 Å². The van der Waals surface area contributed by atoms with Gasteiger partial charge in [-0.2, -0.15) is 0 Å². The van der Waals surface area contributed by atoms with Gasteiger partial charge in [-0.05, 0) is 39.5 Å². The summed E-state index contributed by atoms with van der Waals surface area (Å²) in [5.74, 6) is -0.331. The fraction of sp³-hybridized carbons (Fsp3) is 0.846. The van der Waals surface area contributed by atoms with Crippen molar-refractivity contribution in [2.75, 3.05) is 13.2 Å². The van der Waals surface area contributed by atoms with Gasteiger partial charge >= 0.3 is 12.1 Å². The fourth-order valence-corrected chi connectivity index (χ4v) is 3.17. The van der Waals surface area contributed by atoms with E-state index in [-0.39, 0.29) is 30.1 Å². The van der Waals surface area contributed by atoms with Crippen molar-refractivity contribution in [3.05, 3.63) is 0 Å². The summed E-state index contributed by atoms with van der Waals surface area (Å²) in [5.41, 5.74) is 0. The Morgan fingerprint density at radius 2 is 1.89 bits per heavy atom. The summed E-state index contributed by atoms with van der Waals surface area (Å²) in [4.78, 5) is 25.6. The van der Waals surface area contributed by atoms with Crippen LogP contribution in [0.1, 0.15) is 39.5 Å². The van der Waals surface area contributed by atoms with Crippen LogP contribution in [0.5, 0.6) is 0 Å². The smallest absolute Gasteiger partial charge is 0.410 e. The molecule has 2 aliphatic rings. The first-order valence-electron chi connectivity index (χ1n) is 6.80. The van der Waals surface area contributed by atoms with Crippen molar-refractivity contribution in [3.63, 3.8) is 0 Å². The molecular formula is C13H21NO4. The first kappa shape index (κ1) is 13.2. The van der Waals surface area contributed by atoms with E-state index in [1.807, 2.05) is 6.92 Å². The molecule has 2 rings (SSSR count). The van der Waals surface area contributed by atoms with Crippen molar-refractivity contribution >= 4 is 12.1 Å². The van der Waals surface area contributed by atoms with E-state index in [0.717, 1.165) is 25.7 Å². The maximum atomic E-state index is 11.9. The molecule has 5 heteroatoms. The number of esters is 1. The van der Waals surface area contributed by atoms with Gasteiger partial charge in [0, 0.05) is 12.1 Å². The van der Waals surface area contributed by atoms with Gasteiger partial charge in [-0.25, -0.2) is 4.79 Å². The number of carbonyl (C=O) groups is 2. The van der Waals surface area contributed by atoms with Crippen molar-refractivity contribution < 1.29 is 19.1 Å². The molecule has 0 saturated carbocycles. The molecule has 2 aliphatic heterocycles. The van der Waals surface area contributed by atoms with E-state index < -0.39 is 0 Å². The first-order valence-corrected chi connectivity index (χ1v) is 6.80. The zero-order chi connectivity index (χ0) is 13.1. The highest BCUT2D eigenvalue weighted by atomic mass is 16.6. The quantitative estimate of drug-likeness (QED) is 0.723. The molecule has 2 fully saturated rings. The predicted molar refractivity (Wildman–Crippen MR) is 65.0 cm³/mol. The highest BCUT2D eigenvalue weighted by molar-refractivity contribution is 5.77. The molecule has 3 unspecified atom stereocenters. The Hall–Kier alpha value is -1.26. The molecule has 0 spiro atoms.